The van der Waals surface area contributed by atoms with Crippen LogP contribution in [0.4, 0.5) is 0 Å². The molecule has 354 valence electrons. The first-order chi connectivity index (χ1) is 30.5. The zero-order valence-electron chi connectivity index (χ0n) is 40.4. The molecule has 0 aromatic rings. The topological polar surface area (TPSA) is 78.9 Å². The van der Waals surface area contributed by atoms with Crippen molar-refractivity contribution in [1.29, 1.82) is 0 Å². The molecule has 6 nitrogen and oxygen atoms in total. The summed E-state index contributed by atoms with van der Waals surface area (Å²) >= 11 is 0. The molecule has 1 unspecified atom stereocenters. The summed E-state index contributed by atoms with van der Waals surface area (Å²) in [6.07, 6.45) is 64.2. The molecule has 0 heterocycles. The first-order valence-electron chi connectivity index (χ1n) is 25.6. The van der Waals surface area contributed by atoms with E-state index < -0.39 is 6.10 Å². The molecule has 1 atom stereocenters. The zero-order chi connectivity index (χ0) is 45.1. The first-order valence-corrected chi connectivity index (χ1v) is 25.6. The Hall–Kier alpha value is -3.41. The van der Waals surface area contributed by atoms with E-state index in [4.69, 9.17) is 14.2 Å². The number of rotatable bonds is 45. The van der Waals surface area contributed by atoms with Crippen molar-refractivity contribution < 1.29 is 28.6 Å². The molecular formula is C56H94O6. The van der Waals surface area contributed by atoms with Gasteiger partial charge in [-0.15, -0.1) is 0 Å². The van der Waals surface area contributed by atoms with Crippen LogP contribution in [0.5, 0.6) is 0 Å². The summed E-state index contributed by atoms with van der Waals surface area (Å²) in [5.41, 5.74) is 0. The fourth-order valence-corrected chi connectivity index (χ4v) is 6.82. The monoisotopic (exact) mass is 863 g/mol. The highest BCUT2D eigenvalue weighted by molar-refractivity contribution is 5.71. The van der Waals surface area contributed by atoms with Gasteiger partial charge in [-0.2, -0.15) is 0 Å². The SMILES string of the molecule is CC/C=C\C/C=C\C/C=C\C/C=C\CCCCCC(=O)OCC(COC(=O)CCCCC/C=C\CCCCCCCCC)OC(=O)CCCCCCCCC/C=C\C/C=C\CC. The lowest BCUT2D eigenvalue weighted by Crippen LogP contribution is -2.30. The van der Waals surface area contributed by atoms with Crippen molar-refractivity contribution in [1.82, 2.24) is 0 Å². The second-order valence-corrected chi connectivity index (χ2v) is 16.7. The number of hydrogen-bond donors (Lipinski definition) is 0. The van der Waals surface area contributed by atoms with Crippen LogP contribution in [-0.4, -0.2) is 37.2 Å². The highest BCUT2D eigenvalue weighted by Gasteiger charge is 2.19. The van der Waals surface area contributed by atoms with Gasteiger partial charge in [-0.25, -0.2) is 0 Å². The Bertz CT molecular complexity index is 1220. The van der Waals surface area contributed by atoms with Gasteiger partial charge in [0.25, 0.3) is 0 Å². The predicted octanol–water partition coefficient (Wildman–Crippen LogP) is 16.8. The van der Waals surface area contributed by atoms with Gasteiger partial charge in [0.2, 0.25) is 0 Å². The number of hydrogen-bond acceptors (Lipinski definition) is 6. The van der Waals surface area contributed by atoms with Crippen LogP contribution in [-0.2, 0) is 28.6 Å². The fraction of sp³-hybridized carbons (Fsp3) is 0.696. The number of esters is 3. The van der Waals surface area contributed by atoms with Crippen LogP contribution in [0.15, 0.2) is 85.1 Å². The summed E-state index contributed by atoms with van der Waals surface area (Å²) in [5, 5.41) is 0. The molecule has 0 radical (unpaired) electrons. The maximum atomic E-state index is 12.8. The minimum absolute atomic E-state index is 0.0985. The van der Waals surface area contributed by atoms with Crippen molar-refractivity contribution in [3.63, 3.8) is 0 Å². The minimum Gasteiger partial charge on any atom is -0.462 e. The molecule has 0 fully saturated rings. The number of carbonyl (C=O) groups excluding carboxylic acids is 3. The van der Waals surface area contributed by atoms with Crippen LogP contribution >= 0.6 is 0 Å². The van der Waals surface area contributed by atoms with E-state index in [0.717, 1.165) is 122 Å². The van der Waals surface area contributed by atoms with E-state index in [9.17, 15) is 14.4 Å². The van der Waals surface area contributed by atoms with Crippen molar-refractivity contribution in [2.75, 3.05) is 13.2 Å². The third-order valence-electron chi connectivity index (χ3n) is 10.6. The largest absolute Gasteiger partial charge is 0.462 e. The van der Waals surface area contributed by atoms with E-state index in [0.29, 0.717) is 19.3 Å². The van der Waals surface area contributed by atoms with Gasteiger partial charge in [0.15, 0.2) is 6.10 Å². The summed E-state index contributed by atoms with van der Waals surface area (Å²) in [6.45, 7) is 6.36. The predicted molar refractivity (Wildman–Crippen MR) is 265 cm³/mol. The molecule has 0 aromatic carbocycles. The number of unbranched alkanes of at least 4 members (excludes halogenated alkanes) is 20. The Morgan fingerprint density at radius 3 is 1.02 bits per heavy atom. The van der Waals surface area contributed by atoms with Crippen molar-refractivity contribution in [2.45, 2.75) is 239 Å². The standard InChI is InChI=1S/C56H94O6/c1-4-7-10-13-16-19-22-25-28-29-32-34-37-40-43-46-49-55(58)61-52-53(62-56(59)50-47-44-41-38-35-31-27-24-21-18-15-12-9-6-3)51-60-54(57)48-45-42-39-36-33-30-26-23-20-17-14-11-8-5-2/h7,9-10,12,16,18-19,21,25,28,30,32-34,53H,4-6,8,11,13-15,17,20,22-24,26-27,29,31,35-52H2,1-3H3/b10-7-,12-9-,19-16-,21-18-,28-25-,33-30-,34-32-. The lowest BCUT2D eigenvalue weighted by molar-refractivity contribution is -0.167. The molecule has 0 amide bonds. The van der Waals surface area contributed by atoms with E-state index in [1.165, 1.54) is 70.6 Å². The molecule has 62 heavy (non-hydrogen) atoms. The average Bonchev–Trinajstić information content (AvgIpc) is 3.27. The van der Waals surface area contributed by atoms with E-state index in [-0.39, 0.29) is 31.1 Å². The second kappa shape index (κ2) is 50.2. The van der Waals surface area contributed by atoms with Gasteiger partial charge in [-0.05, 0) is 109 Å². The maximum absolute atomic E-state index is 12.8. The van der Waals surface area contributed by atoms with Crippen LogP contribution in [0.2, 0.25) is 0 Å². The molecule has 0 aliphatic heterocycles. The number of ether oxygens (including phenoxy) is 3. The zero-order valence-corrected chi connectivity index (χ0v) is 40.4. The Morgan fingerprint density at radius 1 is 0.339 bits per heavy atom. The minimum atomic E-state index is -0.799. The van der Waals surface area contributed by atoms with Crippen molar-refractivity contribution in [2.24, 2.45) is 0 Å². The van der Waals surface area contributed by atoms with Gasteiger partial charge in [0.05, 0.1) is 0 Å². The summed E-state index contributed by atoms with van der Waals surface area (Å²) < 4.78 is 16.7. The van der Waals surface area contributed by atoms with Gasteiger partial charge < -0.3 is 14.2 Å². The highest BCUT2D eigenvalue weighted by Crippen LogP contribution is 2.13. The normalized spacial score (nSPS) is 12.8. The van der Waals surface area contributed by atoms with E-state index >= 15 is 0 Å². The molecule has 0 spiro atoms. The van der Waals surface area contributed by atoms with Crippen molar-refractivity contribution in [3.8, 4) is 0 Å². The van der Waals surface area contributed by atoms with E-state index in [1.54, 1.807) is 0 Å². The van der Waals surface area contributed by atoms with Gasteiger partial charge in [0, 0.05) is 19.3 Å². The first kappa shape index (κ1) is 58.6. The summed E-state index contributed by atoms with van der Waals surface area (Å²) in [4.78, 5) is 38.0. The Morgan fingerprint density at radius 2 is 0.629 bits per heavy atom. The van der Waals surface area contributed by atoms with Crippen LogP contribution in [0.1, 0.15) is 233 Å². The van der Waals surface area contributed by atoms with Crippen LogP contribution in [0, 0.1) is 0 Å². The second-order valence-electron chi connectivity index (χ2n) is 16.7. The van der Waals surface area contributed by atoms with Gasteiger partial charge >= 0.3 is 17.9 Å². The maximum Gasteiger partial charge on any atom is 0.306 e. The molecule has 0 bridgehead atoms. The lowest BCUT2D eigenvalue weighted by atomic mass is 10.1. The molecule has 0 aliphatic carbocycles. The third kappa shape index (κ3) is 47.6. The lowest BCUT2D eigenvalue weighted by Gasteiger charge is -2.18. The Kier molecular flexibility index (Phi) is 47.5. The molecule has 0 saturated carbocycles. The van der Waals surface area contributed by atoms with Gasteiger partial charge in [-0.1, -0.05) is 189 Å². The van der Waals surface area contributed by atoms with Crippen LogP contribution < -0.4 is 0 Å². The Labute approximate surface area is 382 Å². The molecule has 0 N–H and O–H groups in total. The fourth-order valence-electron chi connectivity index (χ4n) is 6.82. The molecule has 6 heteroatoms. The van der Waals surface area contributed by atoms with Gasteiger partial charge in [0.1, 0.15) is 13.2 Å². The van der Waals surface area contributed by atoms with E-state index in [2.05, 4.69) is 106 Å². The number of allylic oxidation sites excluding steroid dienone is 14. The summed E-state index contributed by atoms with van der Waals surface area (Å²) in [5.74, 6) is -0.955. The molecule has 0 aliphatic rings. The third-order valence-corrected chi connectivity index (χ3v) is 10.6. The van der Waals surface area contributed by atoms with Crippen molar-refractivity contribution >= 4 is 17.9 Å². The highest BCUT2D eigenvalue weighted by atomic mass is 16.6. The molecule has 0 rings (SSSR count). The average molecular weight is 863 g/mol. The molecule has 0 saturated heterocycles. The summed E-state index contributed by atoms with van der Waals surface area (Å²) in [6, 6.07) is 0. The Balaban J connectivity index is 4.47. The smallest absolute Gasteiger partial charge is 0.306 e. The van der Waals surface area contributed by atoms with Crippen molar-refractivity contribution in [3.05, 3.63) is 85.1 Å². The molecule has 0 aromatic heterocycles. The van der Waals surface area contributed by atoms with Gasteiger partial charge in [-0.3, -0.25) is 14.4 Å². The van der Waals surface area contributed by atoms with Crippen LogP contribution in [0.3, 0.4) is 0 Å². The number of carbonyl (C=O) groups is 3. The summed E-state index contributed by atoms with van der Waals surface area (Å²) in [7, 11) is 0. The van der Waals surface area contributed by atoms with Crippen LogP contribution in [0.25, 0.3) is 0 Å². The van der Waals surface area contributed by atoms with E-state index in [1.807, 2.05) is 0 Å². The molecular weight excluding hydrogens is 769 g/mol. The quantitative estimate of drug-likeness (QED) is 0.0263.